The molecule has 0 aromatic carbocycles. The second kappa shape index (κ2) is 5.63. The van der Waals surface area contributed by atoms with Gasteiger partial charge in [-0.25, -0.2) is 0 Å². The summed E-state index contributed by atoms with van der Waals surface area (Å²) in [5, 5.41) is 5.55. The Bertz CT molecular complexity index is 451. The highest BCUT2D eigenvalue weighted by atomic mass is 32.1. The SMILES string of the molecule is CC1c2ccsc2CCN1C(=O)CC1CCCNC1. The van der Waals surface area contributed by atoms with Crippen molar-refractivity contribution in [2.45, 2.75) is 38.6 Å². The van der Waals surface area contributed by atoms with Gasteiger partial charge in [0, 0.05) is 17.8 Å². The molecule has 104 valence electrons. The summed E-state index contributed by atoms with van der Waals surface area (Å²) in [6.45, 7) is 5.19. The van der Waals surface area contributed by atoms with E-state index in [9.17, 15) is 4.79 Å². The molecule has 4 heteroatoms. The molecule has 3 rings (SSSR count). The largest absolute Gasteiger partial charge is 0.336 e. The Morgan fingerprint density at radius 3 is 3.26 bits per heavy atom. The molecule has 0 saturated carbocycles. The van der Waals surface area contributed by atoms with Crippen molar-refractivity contribution in [1.29, 1.82) is 0 Å². The van der Waals surface area contributed by atoms with Crippen LogP contribution in [0.25, 0.3) is 0 Å². The number of nitrogens with zero attached hydrogens (tertiary/aromatic N) is 1. The third-order valence-corrected chi connectivity index (χ3v) is 5.46. The Morgan fingerprint density at radius 1 is 1.58 bits per heavy atom. The first-order chi connectivity index (χ1) is 9.25. The van der Waals surface area contributed by atoms with Crippen LogP contribution in [0, 0.1) is 5.92 Å². The zero-order chi connectivity index (χ0) is 13.2. The standard InChI is InChI=1S/C15H22N2OS/c1-11-13-5-8-19-14(13)4-7-17(11)15(18)9-12-3-2-6-16-10-12/h5,8,11-12,16H,2-4,6-7,9-10H2,1H3. The summed E-state index contributed by atoms with van der Waals surface area (Å²) < 4.78 is 0. The number of fused-ring (bicyclic) bond motifs is 1. The van der Waals surface area contributed by atoms with E-state index >= 15 is 0 Å². The van der Waals surface area contributed by atoms with E-state index in [1.807, 2.05) is 11.3 Å². The van der Waals surface area contributed by atoms with Crippen molar-refractivity contribution in [3.8, 4) is 0 Å². The maximum absolute atomic E-state index is 12.5. The van der Waals surface area contributed by atoms with E-state index < -0.39 is 0 Å². The zero-order valence-electron chi connectivity index (χ0n) is 11.5. The minimum atomic E-state index is 0.263. The topological polar surface area (TPSA) is 32.3 Å². The van der Waals surface area contributed by atoms with Crippen LogP contribution in [0.4, 0.5) is 0 Å². The molecule has 2 unspecified atom stereocenters. The maximum Gasteiger partial charge on any atom is 0.223 e. The highest BCUT2D eigenvalue weighted by molar-refractivity contribution is 7.10. The van der Waals surface area contributed by atoms with Crippen molar-refractivity contribution in [3.63, 3.8) is 0 Å². The van der Waals surface area contributed by atoms with Crippen molar-refractivity contribution in [2.24, 2.45) is 5.92 Å². The first-order valence-electron chi connectivity index (χ1n) is 7.32. The second-order valence-electron chi connectivity index (χ2n) is 5.73. The molecule has 0 radical (unpaired) electrons. The molecule has 1 fully saturated rings. The Balaban J connectivity index is 1.64. The lowest BCUT2D eigenvalue weighted by Gasteiger charge is -2.35. The minimum absolute atomic E-state index is 0.263. The lowest BCUT2D eigenvalue weighted by Crippen LogP contribution is -2.40. The van der Waals surface area contributed by atoms with Gasteiger partial charge in [-0.2, -0.15) is 0 Å². The molecule has 1 N–H and O–H groups in total. The Hall–Kier alpha value is -0.870. The predicted octanol–water partition coefficient (Wildman–Crippen LogP) is 2.58. The van der Waals surface area contributed by atoms with E-state index in [0.29, 0.717) is 11.8 Å². The number of amides is 1. The number of hydrogen-bond donors (Lipinski definition) is 1. The van der Waals surface area contributed by atoms with Crippen LogP contribution in [-0.4, -0.2) is 30.4 Å². The van der Waals surface area contributed by atoms with Gasteiger partial charge < -0.3 is 10.2 Å². The van der Waals surface area contributed by atoms with Crippen LogP contribution in [0.15, 0.2) is 11.4 Å². The fourth-order valence-corrected chi connectivity index (χ4v) is 4.28. The molecule has 2 atom stereocenters. The summed E-state index contributed by atoms with van der Waals surface area (Å²) in [5.74, 6) is 0.885. The lowest BCUT2D eigenvalue weighted by molar-refractivity contribution is -0.134. The van der Waals surface area contributed by atoms with Gasteiger partial charge in [0.05, 0.1) is 6.04 Å². The van der Waals surface area contributed by atoms with E-state index in [1.54, 1.807) is 0 Å². The summed E-state index contributed by atoms with van der Waals surface area (Å²) >= 11 is 1.83. The highest BCUT2D eigenvalue weighted by Crippen LogP contribution is 2.33. The van der Waals surface area contributed by atoms with Crippen LogP contribution in [0.1, 0.15) is 42.7 Å². The van der Waals surface area contributed by atoms with Gasteiger partial charge in [0.15, 0.2) is 0 Å². The third-order valence-electron chi connectivity index (χ3n) is 4.46. The van der Waals surface area contributed by atoms with E-state index in [0.717, 1.165) is 32.5 Å². The second-order valence-corrected chi connectivity index (χ2v) is 6.73. The molecule has 0 aliphatic carbocycles. The molecule has 3 heterocycles. The number of thiophene rings is 1. The molecule has 2 aliphatic heterocycles. The number of piperidine rings is 1. The van der Waals surface area contributed by atoms with Gasteiger partial charge in [0.1, 0.15) is 0 Å². The average molecular weight is 278 g/mol. The van der Waals surface area contributed by atoms with Crippen LogP contribution in [0.2, 0.25) is 0 Å². The van der Waals surface area contributed by atoms with E-state index in [4.69, 9.17) is 0 Å². The van der Waals surface area contributed by atoms with Crippen LogP contribution < -0.4 is 5.32 Å². The van der Waals surface area contributed by atoms with E-state index in [-0.39, 0.29) is 6.04 Å². The fourth-order valence-electron chi connectivity index (χ4n) is 3.31. The van der Waals surface area contributed by atoms with Crippen molar-refractivity contribution in [3.05, 3.63) is 21.9 Å². The molecule has 3 nitrogen and oxygen atoms in total. The summed E-state index contributed by atoms with van der Waals surface area (Å²) in [5.41, 5.74) is 1.37. The van der Waals surface area contributed by atoms with Crippen LogP contribution in [0.3, 0.4) is 0 Å². The molecular formula is C15H22N2OS. The third kappa shape index (κ3) is 2.70. The van der Waals surface area contributed by atoms with E-state index in [1.165, 1.54) is 23.3 Å². The van der Waals surface area contributed by atoms with Gasteiger partial charge in [-0.05, 0) is 62.2 Å². The number of rotatable bonds is 2. The van der Waals surface area contributed by atoms with Gasteiger partial charge in [-0.1, -0.05) is 0 Å². The molecule has 0 spiro atoms. The molecule has 1 aromatic rings. The molecule has 0 bridgehead atoms. The maximum atomic E-state index is 12.5. The minimum Gasteiger partial charge on any atom is -0.336 e. The van der Waals surface area contributed by atoms with Gasteiger partial charge in [0.25, 0.3) is 0 Å². The van der Waals surface area contributed by atoms with Crippen molar-refractivity contribution in [2.75, 3.05) is 19.6 Å². The quantitative estimate of drug-likeness (QED) is 0.902. The highest BCUT2D eigenvalue weighted by Gasteiger charge is 2.29. The van der Waals surface area contributed by atoms with Crippen molar-refractivity contribution in [1.82, 2.24) is 10.2 Å². The Kier molecular flexibility index (Phi) is 3.89. The van der Waals surface area contributed by atoms with Crippen LogP contribution in [-0.2, 0) is 11.2 Å². The molecule has 19 heavy (non-hydrogen) atoms. The normalized spacial score (nSPS) is 27.1. The number of hydrogen-bond acceptors (Lipinski definition) is 3. The number of carbonyl (C=O) groups excluding carboxylic acids is 1. The van der Waals surface area contributed by atoms with Crippen LogP contribution >= 0.6 is 11.3 Å². The molecular weight excluding hydrogens is 256 g/mol. The summed E-state index contributed by atoms with van der Waals surface area (Å²) in [7, 11) is 0. The summed E-state index contributed by atoms with van der Waals surface area (Å²) in [6, 6.07) is 2.45. The Labute approximate surface area is 119 Å². The first-order valence-corrected chi connectivity index (χ1v) is 8.20. The zero-order valence-corrected chi connectivity index (χ0v) is 12.3. The molecule has 2 aliphatic rings. The van der Waals surface area contributed by atoms with Gasteiger partial charge in [-0.3, -0.25) is 4.79 Å². The van der Waals surface area contributed by atoms with Crippen LogP contribution in [0.5, 0.6) is 0 Å². The number of nitrogens with one attached hydrogen (secondary N) is 1. The molecule has 1 amide bonds. The smallest absolute Gasteiger partial charge is 0.223 e. The molecule has 1 saturated heterocycles. The lowest BCUT2D eigenvalue weighted by atomic mass is 9.94. The van der Waals surface area contributed by atoms with Gasteiger partial charge in [-0.15, -0.1) is 11.3 Å². The monoisotopic (exact) mass is 278 g/mol. The fraction of sp³-hybridized carbons (Fsp3) is 0.667. The summed E-state index contributed by atoms with van der Waals surface area (Å²) in [6.07, 6.45) is 4.16. The molecule has 1 aromatic heterocycles. The Morgan fingerprint density at radius 2 is 2.47 bits per heavy atom. The summed E-state index contributed by atoms with van der Waals surface area (Å²) in [4.78, 5) is 16.1. The van der Waals surface area contributed by atoms with E-state index in [2.05, 4.69) is 28.6 Å². The van der Waals surface area contributed by atoms with Gasteiger partial charge in [0.2, 0.25) is 5.91 Å². The average Bonchev–Trinajstić information content (AvgIpc) is 2.89. The van der Waals surface area contributed by atoms with Gasteiger partial charge >= 0.3 is 0 Å². The number of carbonyl (C=O) groups is 1. The van der Waals surface area contributed by atoms with Crippen molar-refractivity contribution >= 4 is 17.2 Å². The van der Waals surface area contributed by atoms with Crippen molar-refractivity contribution < 1.29 is 4.79 Å². The first kappa shape index (κ1) is 13.1. The predicted molar refractivity (Wildman–Crippen MR) is 78.4 cm³/mol.